The highest BCUT2D eigenvalue weighted by molar-refractivity contribution is 6.21. The van der Waals surface area contributed by atoms with Gasteiger partial charge < -0.3 is 9.88 Å². The number of hydrogen-bond donors (Lipinski definition) is 1. The van der Waals surface area contributed by atoms with Gasteiger partial charge in [0.1, 0.15) is 5.82 Å². The summed E-state index contributed by atoms with van der Waals surface area (Å²) in [6, 6.07) is 21.5. The number of carbonyl (C=O) groups excluding carboxylic acids is 3. The van der Waals surface area contributed by atoms with Gasteiger partial charge in [-0.3, -0.25) is 19.3 Å². The molecule has 178 valence electrons. The number of carbonyl (C=O) groups is 3. The largest absolute Gasteiger partial charge is 0.328 e. The number of imide groups is 1. The Labute approximate surface area is 208 Å². The van der Waals surface area contributed by atoms with E-state index in [2.05, 4.69) is 14.9 Å². The van der Waals surface area contributed by atoms with Crippen LogP contribution in [-0.4, -0.2) is 32.2 Å². The number of nitrogens with zero attached hydrogens (tertiary/aromatic N) is 3. The molecular formula is C29H24N4O3. The molecule has 36 heavy (non-hydrogen) atoms. The number of anilines is 1. The summed E-state index contributed by atoms with van der Waals surface area (Å²) in [5.74, 6) is 0.0714. The van der Waals surface area contributed by atoms with Crippen molar-refractivity contribution in [3.05, 3.63) is 107 Å². The number of rotatable bonds is 5. The summed E-state index contributed by atoms with van der Waals surface area (Å²) in [4.78, 5) is 44.1. The van der Waals surface area contributed by atoms with E-state index in [0.717, 1.165) is 30.8 Å². The lowest BCUT2D eigenvalue weighted by atomic mass is 10.1. The van der Waals surface area contributed by atoms with Gasteiger partial charge in [0.25, 0.3) is 17.7 Å². The molecule has 7 nitrogen and oxygen atoms in total. The van der Waals surface area contributed by atoms with E-state index < -0.39 is 0 Å². The van der Waals surface area contributed by atoms with Crippen molar-refractivity contribution in [2.75, 3.05) is 5.32 Å². The van der Waals surface area contributed by atoms with Gasteiger partial charge in [0.05, 0.1) is 17.7 Å². The first-order valence-corrected chi connectivity index (χ1v) is 12.1. The van der Waals surface area contributed by atoms with Crippen LogP contribution in [0.3, 0.4) is 0 Å². The SMILES string of the molecule is O=C(Nc1ccc(-c2ncc3n2CCCC3)cc1)c1cccc(CN2C(=O)c3ccccc3C2=O)c1. The van der Waals surface area contributed by atoms with Crippen LogP contribution in [0.5, 0.6) is 0 Å². The molecule has 3 heterocycles. The van der Waals surface area contributed by atoms with E-state index in [9.17, 15) is 14.4 Å². The Morgan fingerprint density at radius 1 is 0.889 bits per heavy atom. The van der Waals surface area contributed by atoms with Crippen LogP contribution in [0.4, 0.5) is 5.69 Å². The first-order chi connectivity index (χ1) is 17.6. The third kappa shape index (κ3) is 3.88. The van der Waals surface area contributed by atoms with Crippen molar-refractivity contribution >= 4 is 23.4 Å². The van der Waals surface area contributed by atoms with Gasteiger partial charge >= 0.3 is 0 Å². The maximum absolute atomic E-state index is 12.9. The number of fused-ring (bicyclic) bond motifs is 2. The highest BCUT2D eigenvalue weighted by Crippen LogP contribution is 2.27. The van der Waals surface area contributed by atoms with Gasteiger partial charge in [-0.15, -0.1) is 0 Å². The molecule has 0 saturated carbocycles. The van der Waals surface area contributed by atoms with Crippen molar-refractivity contribution in [2.45, 2.75) is 32.4 Å². The molecule has 0 aliphatic carbocycles. The van der Waals surface area contributed by atoms with Crippen LogP contribution < -0.4 is 5.32 Å². The Hall–Kier alpha value is -4.52. The van der Waals surface area contributed by atoms with Crippen molar-refractivity contribution in [3.8, 4) is 11.4 Å². The minimum atomic E-state index is -0.315. The molecule has 2 aliphatic rings. The fourth-order valence-corrected chi connectivity index (χ4v) is 4.95. The number of benzene rings is 3. The van der Waals surface area contributed by atoms with Crippen molar-refractivity contribution in [1.29, 1.82) is 0 Å². The third-order valence-electron chi connectivity index (χ3n) is 6.81. The minimum Gasteiger partial charge on any atom is -0.328 e. The molecule has 4 aromatic rings. The third-order valence-corrected chi connectivity index (χ3v) is 6.81. The molecule has 1 aromatic heterocycles. The number of nitrogens with one attached hydrogen (secondary N) is 1. The van der Waals surface area contributed by atoms with E-state index >= 15 is 0 Å². The van der Waals surface area contributed by atoms with Gasteiger partial charge in [0, 0.05) is 35.2 Å². The quantitative estimate of drug-likeness (QED) is 0.414. The van der Waals surface area contributed by atoms with E-state index in [-0.39, 0.29) is 24.3 Å². The van der Waals surface area contributed by atoms with Crippen molar-refractivity contribution in [1.82, 2.24) is 14.5 Å². The highest BCUT2D eigenvalue weighted by Gasteiger charge is 2.35. The van der Waals surface area contributed by atoms with Crippen molar-refractivity contribution < 1.29 is 14.4 Å². The second-order valence-electron chi connectivity index (χ2n) is 9.16. The lowest BCUT2D eigenvalue weighted by Crippen LogP contribution is -2.29. The maximum Gasteiger partial charge on any atom is 0.261 e. The van der Waals surface area contributed by atoms with Crippen LogP contribution >= 0.6 is 0 Å². The number of amides is 3. The summed E-state index contributed by atoms with van der Waals surface area (Å²) in [5, 5.41) is 2.93. The molecule has 1 N–H and O–H groups in total. The van der Waals surface area contributed by atoms with Crippen molar-refractivity contribution in [2.24, 2.45) is 0 Å². The number of aromatic nitrogens is 2. The Morgan fingerprint density at radius 3 is 2.39 bits per heavy atom. The summed E-state index contributed by atoms with van der Waals surface area (Å²) >= 11 is 0. The highest BCUT2D eigenvalue weighted by atomic mass is 16.2. The molecular weight excluding hydrogens is 452 g/mol. The molecule has 0 radical (unpaired) electrons. The summed E-state index contributed by atoms with van der Waals surface area (Å²) in [6.45, 7) is 1.09. The maximum atomic E-state index is 12.9. The van der Waals surface area contributed by atoms with E-state index in [0.29, 0.717) is 27.9 Å². The Morgan fingerprint density at radius 2 is 1.64 bits per heavy atom. The predicted molar refractivity (Wildman–Crippen MR) is 136 cm³/mol. The molecule has 0 atom stereocenters. The van der Waals surface area contributed by atoms with Gasteiger partial charge in [0.2, 0.25) is 0 Å². The fraction of sp³-hybridized carbons (Fsp3) is 0.172. The van der Waals surface area contributed by atoms with Gasteiger partial charge in [-0.1, -0.05) is 24.3 Å². The summed E-state index contributed by atoms with van der Waals surface area (Å²) in [7, 11) is 0. The fourth-order valence-electron chi connectivity index (χ4n) is 4.95. The Balaban J connectivity index is 1.15. The number of aryl methyl sites for hydroxylation is 1. The first kappa shape index (κ1) is 22.0. The minimum absolute atomic E-state index is 0.108. The number of imidazole rings is 1. The molecule has 0 saturated heterocycles. The lowest BCUT2D eigenvalue weighted by Gasteiger charge is -2.16. The van der Waals surface area contributed by atoms with Gasteiger partial charge in [-0.2, -0.15) is 0 Å². The van der Waals surface area contributed by atoms with E-state index in [1.807, 2.05) is 30.5 Å². The van der Waals surface area contributed by atoms with Gasteiger partial charge in [-0.05, 0) is 73.4 Å². The summed E-state index contributed by atoms with van der Waals surface area (Å²) < 4.78 is 2.27. The average Bonchev–Trinajstić information content (AvgIpc) is 3.45. The van der Waals surface area contributed by atoms with Crippen LogP contribution in [0, 0.1) is 0 Å². The molecule has 0 spiro atoms. The van der Waals surface area contributed by atoms with Crippen LogP contribution in [0.15, 0.2) is 79.0 Å². The monoisotopic (exact) mass is 476 g/mol. The Bertz CT molecular complexity index is 1470. The van der Waals surface area contributed by atoms with Crippen LogP contribution in [0.1, 0.15) is 55.2 Å². The molecule has 3 aromatic carbocycles. The summed E-state index contributed by atoms with van der Waals surface area (Å²) in [5.41, 5.74) is 4.96. The molecule has 2 aliphatic heterocycles. The average molecular weight is 477 g/mol. The van der Waals surface area contributed by atoms with Gasteiger partial charge in [0.15, 0.2) is 0 Å². The predicted octanol–water partition coefficient (Wildman–Crippen LogP) is 4.93. The second-order valence-corrected chi connectivity index (χ2v) is 9.16. The molecule has 0 unspecified atom stereocenters. The van der Waals surface area contributed by atoms with Crippen LogP contribution in [0.25, 0.3) is 11.4 Å². The van der Waals surface area contributed by atoms with Crippen molar-refractivity contribution in [3.63, 3.8) is 0 Å². The van der Waals surface area contributed by atoms with E-state index in [4.69, 9.17) is 0 Å². The van der Waals surface area contributed by atoms with Crippen LogP contribution in [0.2, 0.25) is 0 Å². The molecule has 0 fully saturated rings. The topological polar surface area (TPSA) is 84.3 Å². The standard InChI is InChI=1S/C29H24N4O3/c34-27(31-22-13-11-20(12-14-22)26-30-17-23-8-3-4-15-32(23)26)21-7-5-6-19(16-21)18-33-28(35)24-9-1-2-10-25(24)29(33)36/h1-2,5-7,9-14,16-17H,3-4,8,15,18H2,(H,31,34). The molecule has 7 heteroatoms. The molecule has 3 amide bonds. The normalized spacial score (nSPS) is 14.5. The molecule has 0 bridgehead atoms. The lowest BCUT2D eigenvalue weighted by molar-refractivity contribution is 0.0642. The molecule has 6 rings (SSSR count). The number of hydrogen-bond acceptors (Lipinski definition) is 4. The zero-order valence-corrected chi connectivity index (χ0v) is 19.6. The van der Waals surface area contributed by atoms with Crippen LogP contribution in [-0.2, 0) is 19.5 Å². The first-order valence-electron chi connectivity index (χ1n) is 12.1. The van der Waals surface area contributed by atoms with Gasteiger partial charge in [-0.25, -0.2) is 4.98 Å². The van der Waals surface area contributed by atoms with E-state index in [1.165, 1.54) is 17.0 Å². The smallest absolute Gasteiger partial charge is 0.261 e. The summed E-state index contributed by atoms with van der Waals surface area (Å²) in [6.07, 6.45) is 5.39. The zero-order chi connectivity index (χ0) is 24.6. The van der Waals surface area contributed by atoms with E-state index in [1.54, 1.807) is 48.5 Å². The second kappa shape index (κ2) is 8.92. The Kier molecular flexibility index (Phi) is 5.45. The zero-order valence-electron chi connectivity index (χ0n) is 19.6.